The number of rotatable bonds is 2. The molecule has 0 radical (unpaired) electrons. The zero-order valence-corrected chi connectivity index (χ0v) is 11.1. The van der Waals surface area contributed by atoms with Crippen molar-refractivity contribution in [2.24, 2.45) is 7.05 Å². The molecule has 0 spiro atoms. The van der Waals surface area contributed by atoms with Crippen molar-refractivity contribution in [3.05, 3.63) is 53.0 Å². The van der Waals surface area contributed by atoms with Crippen LogP contribution in [0.2, 0.25) is 0 Å². The molecule has 0 aliphatic heterocycles. The van der Waals surface area contributed by atoms with Gasteiger partial charge in [0, 0.05) is 24.2 Å². The maximum atomic E-state index is 12.4. The number of fused-ring (bicyclic) bond motifs is 1. The van der Waals surface area contributed by atoms with E-state index in [0.29, 0.717) is 11.5 Å². The van der Waals surface area contributed by atoms with Gasteiger partial charge >= 0.3 is 0 Å². The predicted molar refractivity (Wildman–Crippen MR) is 72.3 cm³/mol. The fourth-order valence-corrected chi connectivity index (χ4v) is 2.26. The van der Waals surface area contributed by atoms with Crippen LogP contribution in [0.25, 0.3) is 11.0 Å². The van der Waals surface area contributed by atoms with E-state index in [1.54, 1.807) is 24.0 Å². The van der Waals surface area contributed by atoms with Gasteiger partial charge < -0.3 is 4.42 Å². The van der Waals surface area contributed by atoms with Gasteiger partial charge in [-0.1, -0.05) is 12.1 Å². The van der Waals surface area contributed by atoms with Crippen LogP contribution >= 0.6 is 0 Å². The van der Waals surface area contributed by atoms with Crippen LogP contribution in [0.1, 0.15) is 27.4 Å². The lowest BCUT2D eigenvalue weighted by molar-refractivity contribution is 0.100. The molecule has 2 aromatic heterocycles. The zero-order valence-electron chi connectivity index (χ0n) is 11.1. The minimum absolute atomic E-state index is 0.133. The highest BCUT2D eigenvalue weighted by Gasteiger charge is 2.21. The van der Waals surface area contributed by atoms with E-state index in [1.165, 1.54) is 0 Å². The second-order valence-electron chi connectivity index (χ2n) is 4.72. The third-order valence-corrected chi connectivity index (χ3v) is 3.35. The van der Waals surface area contributed by atoms with Gasteiger partial charge in [-0.3, -0.25) is 9.48 Å². The van der Waals surface area contributed by atoms with E-state index in [1.807, 2.05) is 32.0 Å². The molecule has 0 aliphatic carbocycles. The third kappa shape index (κ3) is 1.76. The number of carbonyl (C=O) groups is 1. The molecule has 0 N–H and O–H groups in total. The predicted octanol–water partition coefficient (Wildman–Crippen LogP) is 3.01. The molecule has 0 fully saturated rings. The molecule has 0 saturated carbocycles. The lowest BCUT2D eigenvalue weighted by Gasteiger charge is -1.98. The molecule has 0 aliphatic rings. The summed E-state index contributed by atoms with van der Waals surface area (Å²) >= 11 is 0. The number of aryl methyl sites for hydroxylation is 3. The molecule has 3 rings (SSSR count). The first-order valence-electron chi connectivity index (χ1n) is 6.10. The molecule has 1 aromatic carbocycles. The average molecular weight is 254 g/mol. The van der Waals surface area contributed by atoms with Gasteiger partial charge in [0.05, 0.1) is 0 Å². The number of nitrogens with zero attached hydrogens (tertiary/aromatic N) is 2. The molecular formula is C15H14N2O2. The SMILES string of the molecule is Cc1ccc2c(C)c(C(=O)c3ccnn3C)oc2c1. The summed E-state index contributed by atoms with van der Waals surface area (Å²) in [6.45, 7) is 3.91. The Morgan fingerprint density at radius 2 is 2.05 bits per heavy atom. The van der Waals surface area contributed by atoms with Crippen LogP contribution in [0.5, 0.6) is 0 Å². The maximum absolute atomic E-state index is 12.4. The first kappa shape index (κ1) is 11.7. The molecule has 19 heavy (non-hydrogen) atoms. The topological polar surface area (TPSA) is 48.0 Å². The van der Waals surface area contributed by atoms with Gasteiger partial charge in [0.15, 0.2) is 5.76 Å². The lowest BCUT2D eigenvalue weighted by Crippen LogP contribution is -2.08. The summed E-state index contributed by atoms with van der Waals surface area (Å²) in [7, 11) is 1.75. The summed E-state index contributed by atoms with van der Waals surface area (Å²) in [6, 6.07) is 7.65. The van der Waals surface area contributed by atoms with E-state index in [2.05, 4.69) is 5.10 Å². The average Bonchev–Trinajstić information content (AvgIpc) is 2.93. The molecule has 0 amide bonds. The fraction of sp³-hybridized carbons (Fsp3) is 0.200. The van der Waals surface area contributed by atoms with Crippen molar-refractivity contribution in [1.82, 2.24) is 9.78 Å². The van der Waals surface area contributed by atoms with Crippen molar-refractivity contribution in [2.75, 3.05) is 0 Å². The normalized spacial score (nSPS) is 11.1. The number of benzene rings is 1. The Balaban J connectivity index is 2.18. The van der Waals surface area contributed by atoms with E-state index in [0.717, 1.165) is 22.1 Å². The third-order valence-electron chi connectivity index (χ3n) is 3.35. The van der Waals surface area contributed by atoms with Gasteiger partial charge in [-0.25, -0.2) is 0 Å². The van der Waals surface area contributed by atoms with E-state index in [9.17, 15) is 4.79 Å². The van der Waals surface area contributed by atoms with Gasteiger partial charge in [-0.15, -0.1) is 0 Å². The molecular weight excluding hydrogens is 240 g/mol. The number of hydrogen-bond acceptors (Lipinski definition) is 3. The highest BCUT2D eigenvalue weighted by molar-refractivity contribution is 6.09. The summed E-state index contributed by atoms with van der Waals surface area (Å²) in [6.07, 6.45) is 1.61. The van der Waals surface area contributed by atoms with Crippen LogP contribution in [0.3, 0.4) is 0 Å². The van der Waals surface area contributed by atoms with Crippen LogP contribution in [-0.4, -0.2) is 15.6 Å². The van der Waals surface area contributed by atoms with Gasteiger partial charge in [0.25, 0.3) is 0 Å². The Kier molecular flexibility index (Phi) is 2.52. The highest BCUT2D eigenvalue weighted by Crippen LogP contribution is 2.27. The summed E-state index contributed by atoms with van der Waals surface area (Å²) in [4.78, 5) is 12.4. The Hall–Kier alpha value is -2.36. The Morgan fingerprint density at radius 3 is 2.74 bits per heavy atom. The van der Waals surface area contributed by atoms with Crippen LogP contribution in [0.15, 0.2) is 34.9 Å². The van der Waals surface area contributed by atoms with E-state index >= 15 is 0 Å². The Morgan fingerprint density at radius 1 is 1.26 bits per heavy atom. The number of carbonyl (C=O) groups excluding carboxylic acids is 1. The quantitative estimate of drug-likeness (QED) is 0.660. The molecule has 0 unspecified atom stereocenters. The molecule has 96 valence electrons. The van der Waals surface area contributed by atoms with Crippen LogP contribution in [0.4, 0.5) is 0 Å². The van der Waals surface area contributed by atoms with Gasteiger partial charge in [-0.05, 0) is 31.5 Å². The molecule has 0 saturated heterocycles. The molecule has 2 heterocycles. The number of hydrogen-bond donors (Lipinski definition) is 0. The monoisotopic (exact) mass is 254 g/mol. The first-order valence-corrected chi connectivity index (χ1v) is 6.10. The summed E-state index contributed by atoms with van der Waals surface area (Å²) < 4.78 is 7.29. The van der Waals surface area contributed by atoms with E-state index in [4.69, 9.17) is 4.42 Å². The highest BCUT2D eigenvalue weighted by atomic mass is 16.3. The fourth-order valence-electron chi connectivity index (χ4n) is 2.26. The second-order valence-corrected chi connectivity index (χ2v) is 4.72. The molecule has 0 bridgehead atoms. The molecule has 4 heteroatoms. The van der Waals surface area contributed by atoms with Gasteiger partial charge in [-0.2, -0.15) is 5.10 Å². The van der Waals surface area contributed by atoms with Crippen LogP contribution < -0.4 is 0 Å². The first-order chi connectivity index (χ1) is 9.08. The summed E-state index contributed by atoms with van der Waals surface area (Å²) in [5.74, 6) is 0.260. The van der Waals surface area contributed by atoms with Crippen LogP contribution in [0, 0.1) is 13.8 Å². The molecule has 3 aromatic rings. The number of ketones is 1. The van der Waals surface area contributed by atoms with Gasteiger partial charge in [0.2, 0.25) is 5.78 Å². The molecule has 4 nitrogen and oxygen atoms in total. The Labute approximate surface area is 110 Å². The van der Waals surface area contributed by atoms with Gasteiger partial charge in [0.1, 0.15) is 11.3 Å². The number of aromatic nitrogens is 2. The van der Waals surface area contributed by atoms with Crippen LogP contribution in [-0.2, 0) is 7.05 Å². The summed E-state index contributed by atoms with van der Waals surface area (Å²) in [5, 5.41) is 5.00. The van der Waals surface area contributed by atoms with Crippen molar-refractivity contribution in [3.63, 3.8) is 0 Å². The minimum atomic E-state index is -0.133. The van der Waals surface area contributed by atoms with E-state index in [-0.39, 0.29) is 5.78 Å². The van der Waals surface area contributed by atoms with E-state index < -0.39 is 0 Å². The number of furan rings is 1. The standard InChI is InChI=1S/C15H14N2O2/c1-9-4-5-11-10(2)15(19-13(11)8-9)14(18)12-6-7-16-17(12)3/h4-8H,1-3H3. The minimum Gasteiger partial charge on any atom is -0.452 e. The van der Waals surface area contributed by atoms with Crippen molar-refractivity contribution in [3.8, 4) is 0 Å². The van der Waals surface area contributed by atoms with Crippen molar-refractivity contribution in [1.29, 1.82) is 0 Å². The van der Waals surface area contributed by atoms with Crippen molar-refractivity contribution < 1.29 is 9.21 Å². The molecule has 0 atom stereocenters. The summed E-state index contributed by atoms with van der Waals surface area (Å²) in [5.41, 5.74) is 3.27. The largest absolute Gasteiger partial charge is 0.452 e. The lowest BCUT2D eigenvalue weighted by atomic mass is 10.1. The second kappa shape index (κ2) is 4.09. The zero-order chi connectivity index (χ0) is 13.6. The van der Waals surface area contributed by atoms with Crippen molar-refractivity contribution >= 4 is 16.8 Å². The van der Waals surface area contributed by atoms with Crippen molar-refractivity contribution in [2.45, 2.75) is 13.8 Å². The Bertz CT molecular complexity index is 781. The smallest absolute Gasteiger partial charge is 0.246 e. The maximum Gasteiger partial charge on any atom is 0.246 e.